The maximum Gasteiger partial charge on any atom is 0.337 e. The lowest BCUT2D eigenvalue weighted by Gasteiger charge is -2.03. The number of rotatable bonds is 4. The van der Waals surface area contributed by atoms with E-state index in [2.05, 4.69) is 15.4 Å². The monoisotopic (exact) mass is 263 g/mol. The van der Waals surface area contributed by atoms with Crippen molar-refractivity contribution in [1.29, 1.82) is 0 Å². The minimum absolute atomic E-state index is 0.0614. The molecule has 19 heavy (non-hydrogen) atoms. The van der Waals surface area contributed by atoms with Gasteiger partial charge in [-0.15, -0.1) is 0 Å². The van der Waals surface area contributed by atoms with Crippen molar-refractivity contribution in [2.75, 3.05) is 5.32 Å². The van der Waals surface area contributed by atoms with E-state index in [1.165, 1.54) is 4.68 Å². The van der Waals surface area contributed by atoms with Gasteiger partial charge in [-0.05, 0) is 0 Å². The fourth-order valence-corrected chi connectivity index (χ4v) is 1.41. The lowest BCUT2D eigenvalue weighted by molar-refractivity contribution is -0.384. The molecule has 0 spiro atoms. The molecule has 2 aromatic rings. The van der Waals surface area contributed by atoms with Crippen molar-refractivity contribution in [3.63, 3.8) is 0 Å². The number of anilines is 2. The van der Waals surface area contributed by atoms with Crippen LogP contribution in [0.25, 0.3) is 0 Å². The number of carboxylic acid groups (broad SMARTS) is 1. The second-order valence-corrected chi connectivity index (χ2v) is 3.65. The summed E-state index contributed by atoms with van der Waals surface area (Å²) in [6, 6.07) is 2.55. The van der Waals surface area contributed by atoms with Crippen LogP contribution in [-0.4, -0.2) is 30.8 Å². The van der Waals surface area contributed by atoms with Crippen LogP contribution in [0.3, 0.4) is 0 Å². The number of pyridine rings is 1. The van der Waals surface area contributed by atoms with Gasteiger partial charge in [0, 0.05) is 31.6 Å². The van der Waals surface area contributed by atoms with E-state index in [1.807, 2.05) is 0 Å². The zero-order chi connectivity index (χ0) is 14.0. The number of hydrogen-bond donors (Lipinski definition) is 2. The van der Waals surface area contributed by atoms with Gasteiger partial charge in [-0.2, -0.15) is 5.10 Å². The highest BCUT2D eigenvalue weighted by atomic mass is 16.6. The molecule has 0 saturated heterocycles. The summed E-state index contributed by atoms with van der Waals surface area (Å²) in [4.78, 5) is 24.7. The van der Waals surface area contributed by atoms with Crippen molar-refractivity contribution in [2.24, 2.45) is 7.05 Å². The number of aryl methyl sites for hydroxylation is 1. The molecule has 0 aliphatic heterocycles. The second kappa shape index (κ2) is 4.72. The predicted molar refractivity (Wildman–Crippen MR) is 64.3 cm³/mol. The van der Waals surface area contributed by atoms with E-state index in [9.17, 15) is 14.9 Å². The van der Waals surface area contributed by atoms with E-state index in [0.29, 0.717) is 5.82 Å². The topological polar surface area (TPSA) is 123 Å². The molecule has 2 heterocycles. The average molecular weight is 263 g/mol. The number of carboxylic acids is 1. The fourth-order valence-electron chi connectivity index (χ4n) is 1.41. The van der Waals surface area contributed by atoms with Crippen molar-refractivity contribution in [1.82, 2.24) is 14.8 Å². The second-order valence-electron chi connectivity index (χ2n) is 3.65. The van der Waals surface area contributed by atoms with Gasteiger partial charge in [0.15, 0.2) is 5.82 Å². The van der Waals surface area contributed by atoms with Crippen LogP contribution in [0, 0.1) is 10.1 Å². The largest absolute Gasteiger partial charge is 0.478 e. The maximum atomic E-state index is 10.9. The van der Waals surface area contributed by atoms with E-state index in [0.717, 1.165) is 12.3 Å². The van der Waals surface area contributed by atoms with E-state index in [-0.39, 0.29) is 11.4 Å². The number of aromatic nitrogens is 3. The highest BCUT2D eigenvalue weighted by Gasteiger charge is 2.19. The highest BCUT2D eigenvalue weighted by Crippen LogP contribution is 2.25. The molecule has 9 nitrogen and oxygen atoms in total. The van der Waals surface area contributed by atoms with Crippen molar-refractivity contribution < 1.29 is 14.8 Å². The van der Waals surface area contributed by atoms with Crippen molar-refractivity contribution >= 4 is 23.3 Å². The van der Waals surface area contributed by atoms with Crippen LogP contribution < -0.4 is 5.32 Å². The summed E-state index contributed by atoms with van der Waals surface area (Å²) in [6.45, 7) is 0. The minimum atomic E-state index is -1.28. The zero-order valence-electron chi connectivity index (χ0n) is 9.77. The Morgan fingerprint density at radius 1 is 1.58 bits per heavy atom. The van der Waals surface area contributed by atoms with Crippen LogP contribution in [0.1, 0.15) is 10.4 Å². The minimum Gasteiger partial charge on any atom is -0.478 e. The molecule has 0 saturated carbocycles. The Hall–Kier alpha value is -2.97. The highest BCUT2D eigenvalue weighted by molar-refractivity contribution is 5.89. The van der Waals surface area contributed by atoms with E-state index < -0.39 is 16.6 Å². The zero-order valence-corrected chi connectivity index (χ0v) is 9.77. The smallest absolute Gasteiger partial charge is 0.337 e. The molecular formula is C10H9N5O4. The van der Waals surface area contributed by atoms with Crippen LogP contribution >= 0.6 is 0 Å². The quantitative estimate of drug-likeness (QED) is 0.626. The molecule has 0 fully saturated rings. The first kappa shape index (κ1) is 12.5. The van der Waals surface area contributed by atoms with Crippen molar-refractivity contribution in [3.05, 3.63) is 40.2 Å². The molecule has 98 valence electrons. The first-order valence-corrected chi connectivity index (χ1v) is 5.12. The normalized spacial score (nSPS) is 10.2. The fraction of sp³-hybridized carbons (Fsp3) is 0.100. The van der Waals surface area contributed by atoms with Crippen molar-refractivity contribution in [3.8, 4) is 0 Å². The number of hydrogen-bond acceptors (Lipinski definition) is 6. The average Bonchev–Trinajstić information content (AvgIpc) is 2.74. The maximum absolute atomic E-state index is 10.9. The Morgan fingerprint density at radius 2 is 2.32 bits per heavy atom. The van der Waals surface area contributed by atoms with E-state index in [1.54, 1.807) is 19.3 Å². The lowest BCUT2D eigenvalue weighted by atomic mass is 10.2. The van der Waals surface area contributed by atoms with E-state index in [4.69, 9.17) is 5.11 Å². The molecule has 0 aliphatic carbocycles. The number of carbonyl (C=O) groups is 1. The Balaban J connectivity index is 2.39. The van der Waals surface area contributed by atoms with Gasteiger partial charge in [0.25, 0.3) is 0 Å². The van der Waals surface area contributed by atoms with Gasteiger partial charge in [0.1, 0.15) is 0 Å². The molecule has 0 amide bonds. The lowest BCUT2D eigenvalue weighted by Crippen LogP contribution is -2.04. The summed E-state index contributed by atoms with van der Waals surface area (Å²) in [5.41, 5.74) is -0.677. The van der Waals surface area contributed by atoms with Gasteiger partial charge in [-0.1, -0.05) is 0 Å². The Labute approximate surface area is 106 Å². The first-order chi connectivity index (χ1) is 8.97. The molecule has 9 heteroatoms. The summed E-state index contributed by atoms with van der Waals surface area (Å²) in [7, 11) is 1.69. The standard InChI is InChI=1S/C10H9N5O4/c1-14-3-2-8(13-14)12-9-7(15(18)19)4-6(5-11-9)10(16)17/h2-5H,1H3,(H,16,17)(H,11,12,13). The van der Waals surface area contributed by atoms with Gasteiger partial charge in [0.05, 0.1) is 10.5 Å². The third-order valence-electron chi connectivity index (χ3n) is 2.27. The molecular weight excluding hydrogens is 254 g/mol. The summed E-state index contributed by atoms with van der Waals surface area (Å²) in [5, 5.41) is 26.3. The molecule has 0 atom stereocenters. The number of nitrogens with zero attached hydrogens (tertiary/aromatic N) is 4. The van der Waals surface area contributed by atoms with Gasteiger partial charge >= 0.3 is 11.7 Å². The van der Waals surface area contributed by atoms with Crippen molar-refractivity contribution in [2.45, 2.75) is 0 Å². The van der Waals surface area contributed by atoms with Crippen LogP contribution in [0.2, 0.25) is 0 Å². The Kier molecular flexibility index (Phi) is 3.10. The summed E-state index contributed by atoms with van der Waals surface area (Å²) in [5.74, 6) is -0.963. The summed E-state index contributed by atoms with van der Waals surface area (Å²) >= 11 is 0. The number of nitrogens with one attached hydrogen (secondary N) is 1. The molecule has 0 aromatic carbocycles. The first-order valence-electron chi connectivity index (χ1n) is 5.12. The summed E-state index contributed by atoms with van der Waals surface area (Å²) < 4.78 is 1.51. The molecule has 2 rings (SSSR count). The number of aromatic carboxylic acids is 1. The molecule has 2 aromatic heterocycles. The molecule has 0 aliphatic rings. The van der Waals surface area contributed by atoms with E-state index >= 15 is 0 Å². The molecule has 2 N–H and O–H groups in total. The third kappa shape index (κ3) is 2.65. The van der Waals surface area contributed by atoms with Gasteiger partial charge in [-0.25, -0.2) is 9.78 Å². The molecule has 0 radical (unpaired) electrons. The SMILES string of the molecule is Cn1ccc(Nc2ncc(C(=O)O)cc2[N+](=O)[O-])n1. The van der Waals surface area contributed by atoms with Crippen LogP contribution in [0.4, 0.5) is 17.3 Å². The van der Waals surface area contributed by atoms with Crippen LogP contribution in [0.5, 0.6) is 0 Å². The Bertz CT molecular complexity index is 651. The van der Waals surface area contributed by atoms with Gasteiger partial charge in [0.2, 0.25) is 5.82 Å². The Morgan fingerprint density at radius 3 is 2.84 bits per heavy atom. The van der Waals surface area contributed by atoms with Crippen LogP contribution in [0.15, 0.2) is 24.5 Å². The van der Waals surface area contributed by atoms with Crippen LogP contribution in [-0.2, 0) is 7.05 Å². The third-order valence-corrected chi connectivity index (χ3v) is 2.27. The summed E-state index contributed by atoms with van der Waals surface area (Å²) in [6.07, 6.45) is 2.69. The predicted octanol–water partition coefficient (Wildman–Crippen LogP) is 1.17. The van der Waals surface area contributed by atoms with Gasteiger partial charge in [-0.3, -0.25) is 14.8 Å². The molecule has 0 bridgehead atoms. The number of nitro groups is 1. The molecule has 0 unspecified atom stereocenters. The van der Waals surface area contributed by atoms with Gasteiger partial charge < -0.3 is 10.4 Å².